The lowest BCUT2D eigenvalue weighted by molar-refractivity contribution is -0.142. The summed E-state index contributed by atoms with van der Waals surface area (Å²) in [4.78, 5) is 148. The number of hydrogen-bond acceptors (Lipinski definition) is 14. The van der Waals surface area contributed by atoms with Crippen molar-refractivity contribution in [1.82, 2.24) is 42.1 Å². The Hall–Kier alpha value is -6.11. The van der Waals surface area contributed by atoms with E-state index >= 15 is 0 Å². The summed E-state index contributed by atoms with van der Waals surface area (Å²) in [5.41, 5.74) is 16.7. The Labute approximate surface area is 402 Å². The zero-order valence-corrected chi connectivity index (χ0v) is 40.1. The van der Waals surface area contributed by atoms with Gasteiger partial charge in [-0.1, -0.05) is 73.8 Å². The van der Waals surface area contributed by atoms with Gasteiger partial charge in [0.25, 0.3) is 0 Å². The van der Waals surface area contributed by atoms with E-state index in [1.165, 1.54) is 17.0 Å². The third-order valence-corrected chi connectivity index (χ3v) is 13.7. The zero-order chi connectivity index (χ0) is 50.5. The normalized spacial score (nSPS) is 23.3. The van der Waals surface area contributed by atoms with Crippen LogP contribution in [0.5, 0.6) is 5.75 Å². The van der Waals surface area contributed by atoms with Gasteiger partial charge in [0.1, 0.15) is 48.0 Å². The van der Waals surface area contributed by atoms with E-state index in [9.17, 15) is 57.8 Å². The van der Waals surface area contributed by atoms with Gasteiger partial charge in [0, 0.05) is 37.3 Å². The summed E-state index contributed by atoms with van der Waals surface area (Å²) in [6.07, 6.45) is 0.654. The number of rotatable bonds is 18. The molecule has 0 radical (unpaired) electrons. The molecule has 1 aromatic carbocycles. The van der Waals surface area contributed by atoms with Crippen LogP contribution in [-0.2, 0) is 59.2 Å². The fraction of sp³-hybridized carbons (Fsp3) is 0.605. The maximum absolute atomic E-state index is 14.4. The topological polar surface area (TPSA) is 374 Å². The van der Waals surface area contributed by atoms with Crippen molar-refractivity contribution in [3.8, 4) is 5.75 Å². The third-order valence-electron chi connectivity index (χ3n) is 11.3. The van der Waals surface area contributed by atoms with Gasteiger partial charge in [-0.15, -0.1) is 0 Å². The van der Waals surface area contributed by atoms with Gasteiger partial charge in [-0.25, -0.2) is 0 Å². The van der Waals surface area contributed by atoms with E-state index in [1.807, 2.05) is 6.92 Å². The van der Waals surface area contributed by atoms with E-state index in [0.29, 0.717) is 31.2 Å². The lowest BCUT2D eigenvalue weighted by Gasteiger charge is -2.31. The smallest absolute Gasteiger partial charge is 0.246 e. The molecule has 25 heteroatoms. The first kappa shape index (κ1) is 56.2. The predicted octanol–water partition coefficient (Wildman–Crippen LogP) is -2.40. The average molecular weight is 992 g/mol. The van der Waals surface area contributed by atoms with Crippen LogP contribution in [0.15, 0.2) is 24.3 Å². The number of amides is 11. The number of aromatic hydroxyl groups is 1. The second-order valence-corrected chi connectivity index (χ2v) is 19.3. The van der Waals surface area contributed by atoms with Crippen LogP contribution in [0.25, 0.3) is 0 Å². The van der Waals surface area contributed by atoms with Crippen LogP contribution in [0.1, 0.15) is 90.5 Å². The predicted molar refractivity (Wildman–Crippen MR) is 251 cm³/mol. The number of likely N-dealkylation sites (tertiary alicyclic amines) is 1. The van der Waals surface area contributed by atoms with E-state index in [1.54, 1.807) is 26.0 Å². The molecule has 3 rings (SSSR count). The Morgan fingerprint density at radius 1 is 0.824 bits per heavy atom. The molecular weight excluding hydrogens is 927 g/mol. The molecule has 2 saturated heterocycles. The molecule has 0 saturated carbocycles. The number of benzene rings is 1. The molecule has 1 aromatic rings. The van der Waals surface area contributed by atoms with Crippen LogP contribution in [0.3, 0.4) is 0 Å². The largest absolute Gasteiger partial charge is 0.508 e. The fourth-order valence-corrected chi connectivity index (χ4v) is 9.45. The summed E-state index contributed by atoms with van der Waals surface area (Å²) in [5, 5.41) is 27.8. The number of primary amides is 3. The number of phenolic OH excluding ortho intramolecular Hbond substituents is 1. The summed E-state index contributed by atoms with van der Waals surface area (Å²) in [6.45, 7) is 4.94. The zero-order valence-electron chi connectivity index (χ0n) is 38.5. The number of nitrogens with two attached hydrogens (primary N) is 3. The van der Waals surface area contributed by atoms with Crippen LogP contribution >= 0.6 is 21.6 Å². The molecular formula is C43H65N11O12S2. The maximum Gasteiger partial charge on any atom is 0.246 e. The number of carbonyl (C=O) groups is 11. The highest BCUT2D eigenvalue weighted by atomic mass is 33.1. The number of carbonyl (C=O) groups excluding carboxylic acids is 11. The van der Waals surface area contributed by atoms with Gasteiger partial charge in [0.15, 0.2) is 0 Å². The van der Waals surface area contributed by atoms with Crippen LogP contribution in [0, 0.1) is 5.92 Å². The lowest BCUT2D eigenvalue weighted by Crippen LogP contribution is -2.61. The molecule has 23 nitrogen and oxygen atoms in total. The first-order valence-electron chi connectivity index (χ1n) is 22.5. The molecule has 14 N–H and O–H groups in total. The second-order valence-electron chi connectivity index (χ2n) is 16.7. The Morgan fingerprint density at radius 2 is 1.49 bits per heavy atom. The molecule has 2 aliphatic rings. The first-order valence-corrected chi connectivity index (χ1v) is 25.0. The van der Waals surface area contributed by atoms with Crippen molar-refractivity contribution in [3.05, 3.63) is 29.8 Å². The van der Waals surface area contributed by atoms with Gasteiger partial charge in [-0.2, -0.15) is 0 Å². The van der Waals surface area contributed by atoms with Crippen molar-refractivity contribution in [2.24, 2.45) is 23.1 Å². The molecule has 0 spiro atoms. The Kier molecular flexibility index (Phi) is 23.4. The lowest BCUT2D eigenvalue weighted by atomic mass is 9.96. The molecule has 0 aliphatic carbocycles. The van der Waals surface area contributed by atoms with Crippen molar-refractivity contribution < 1.29 is 57.8 Å². The molecule has 2 aliphatic heterocycles. The standard InChI is InChI=1S/C43H65N11O12S2/c1-4-6-8-26(37(60)47-21-34(46)58)49-41(64)31-9-7-17-54(31)43(66)30-22-68-67-18-16-35(59)48-28(19-24-10-12-25(55)13-11-24)40(63)53-36(23(3)5-2)42(65)50-27(14-15-32(44)56)38(61)51-29(20-33(45)57)39(62)52-30/h10-13,23,26-31,36,55H,4-9,14-22H2,1-3H3,(H2,44,56)(H2,45,57)(H2,46,58)(H,47,60)(H,48,59)(H,49,64)(H,50,65)(H,51,61)(H,52,62)(H,53,63)/t23-,26-,27-,28-,29-,30-,31-,36-/m0/s1. The van der Waals surface area contributed by atoms with Gasteiger partial charge in [0.05, 0.1) is 13.0 Å². The molecule has 8 atom stereocenters. The molecule has 2 heterocycles. The maximum atomic E-state index is 14.4. The fourth-order valence-electron chi connectivity index (χ4n) is 7.30. The highest BCUT2D eigenvalue weighted by Gasteiger charge is 2.40. The van der Waals surface area contributed by atoms with Crippen molar-refractivity contribution in [2.45, 2.75) is 134 Å². The molecule has 0 bridgehead atoms. The van der Waals surface area contributed by atoms with Crippen LogP contribution in [-0.4, -0.2) is 142 Å². The number of unbranched alkanes of at least 4 members (excludes halogenated alkanes) is 1. The van der Waals surface area contributed by atoms with E-state index in [4.69, 9.17) is 17.2 Å². The van der Waals surface area contributed by atoms with Crippen molar-refractivity contribution in [1.29, 1.82) is 0 Å². The van der Waals surface area contributed by atoms with Crippen LogP contribution in [0.2, 0.25) is 0 Å². The molecule has 68 heavy (non-hydrogen) atoms. The van der Waals surface area contributed by atoms with E-state index in [-0.39, 0.29) is 55.9 Å². The molecule has 2 fully saturated rings. The van der Waals surface area contributed by atoms with Crippen LogP contribution in [0.4, 0.5) is 0 Å². The Morgan fingerprint density at radius 3 is 2.12 bits per heavy atom. The number of phenols is 1. The van der Waals surface area contributed by atoms with Crippen LogP contribution < -0.4 is 54.4 Å². The summed E-state index contributed by atoms with van der Waals surface area (Å²) >= 11 is 0. The van der Waals surface area contributed by atoms with E-state index in [2.05, 4.69) is 37.2 Å². The van der Waals surface area contributed by atoms with Crippen molar-refractivity contribution >= 4 is 86.6 Å². The Balaban J connectivity index is 2.01. The quantitative estimate of drug-likeness (QED) is 0.0684. The highest BCUT2D eigenvalue weighted by Crippen LogP contribution is 2.26. The van der Waals surface area contributed by atoms with Crippen molar-refractivity contribution in [2.75, 3.05) is 24.6 Å². The number of hydrogen-bond donors (Lipinski definition) is 11. The highest BCUT2D eigenvalue weighted by molar-refractivity contribution is 8.76. The third kappa shape index (κ3) is 18.5. The molecule has 376 valence electrons. The minimum Gasteiger partial charge on any atom is -0.508 e. The van der Waals surface area contributed by atoms with Gasteiger partial charge < -0.3 is 64.4 Å². The Bertz CT molecular complexity index is 1990. The summed E-state index contributed by atoms with van der Waals surface area (Å²) < 4.78 is 0. The minimum absolute atomic E-state index is 0.0248. The van der Waals surface area contributed by atoms with Crippen molar-refractivity contribution in [3.63, 3.8) is 0 Å². The van der Waals surface area contributed by atoms with Gasteiger partial charge in [-0.05, 0) is 49.3 Å². The van der Waals surface area contributed by atoms with Gasteiger partial charge in [0.2, 0.25) is 65.0 Å². The summed E-state index contributed by atoms with van der Waals surface area (Å²) in [7, 11) is 2.24. The number of nitrogens with one attached hydrogen (secondary N) is 7. The molecule has 11 amide bonds. The molecule has 0 aromatic heterocycles. The summed E-state index contributed by atoms with van der Waals surface area (Å²) in [5.74, 6) is -9.47. The first-order chi connectivity index (χ1) is 32.2. The average Bonchev–Trinajstić information content (AvgIpc) is 3.79. The SMILES string of the molecule is CCCC[C@H](NC(=O)[C@@H]1CCCN1C(=O)[C@@H]1CSSCCC(=O)N[C@@H](Cc2ccc(O)cc2)C(=O)N[C@@H]([C@@H](C)CC)C(=O)N[C@@H](CCC(N)=O)C(=O)N[C@@H](CC(N)=O)C(=O)N1)C(=O)NCC(N)=O. The van der Waals surface area contributed by atoms with Gasteiger partial charge >= 0.3 is 0 Å². The molecule has 0 unspecified atom stereocenters. The van der Waals surface area contributed by atoms with E-state index in [0.717, 1.165) is 21.6 Å². The summed E-state index contributed by atoms with van der Waals surface area (Å²) in [6, 6.07) is -3.39. The minimum atomic E-state index is -1.73. The van der Waals surface area contributed by atoms with E-state index < -0.39 is 133 Å². The van der Waals surface area contributed by atoms with Gasteiger partial charge in [-0.3, -0.25) is 52.7 Å². The number of nitrogens with zero attached hydrogens (tertiary/aromatic N) is 1. The second kappa shape index (κ2) is 28.3. The monoisotopic (exact) mass is 991 g/mol.